The molecule has 1 amide bonds. The van der Waals surface area contributed by atoms with E-state index in [1.165, 1.54) is 5.56 Å². The van der Waals surface area contributed by atoms with Gasteiger partial charge < -0.3 is 15.8 Å². The standard InChI is InChI=1S/C17H18N2O2/c1-2-11-4-3-5-13(8-11)21-16-9-12-6-7-17(20)19-15(12)10-14(16)18/h3-5,8-10H,2,6-7,18H2,1H3,(H,19,20). The van der Waals surface area contributed by atoms with Gasteiger partial charge in [-0.3, -0.25) is 4.79 Å². The molecule has 0 aromatic heterocycles. The highest BCUT2D eigenvalue weighted by Gasteiger charge is 2.17. The van der Waals surface area contributed by atoms with Gasteiger partial charge in [0.05, 0.1) is 5.69 Å². The lowest BCUT2D eigenvalue weighted by molar-refractivity contribution is -0.116. The molecule has 3 rings (SSSR count). The number of nitrogens with one attached hydrogen (secondary N) is 1. The van der Waals surface area contributed by atoms with Crippen LogP contribution in [0, 0.1) is 0 Å². The third kappa shape index (κ3) is 2.84. The quantitative estimate of drug-likeness (QED) is 0.847. The van der Waals surface area contributed by atoms with E-state index in [1.807, 2.05) is 24.3 Å². The molecule has 0 spiro atoms. The van der Waals surface area contributed by atoms with Crippen molar-refractivity contribution in [1.82, 2.24) is 0 Å². The highest BCUT2D eigenvalue weighted by molar-refractivity contribution is 5.94. The maximum Gasteiger partial charge on any atom is 0.224 e. The Morgan fingerprint density at radius 1 is 1.24 bits per heavy atom. The topological polar surface area (TPSA) is 64.3 Å². The average molecular weight is 282 g/mol. The molecule has 1 heterocycles. The predicted molar refractivity (Wildman–Crippen MR) is 83.7 cm³/mol. The number of aryl methyl sites for hydroxylation is 2. The normalized spacial score (nSPS) is 13.5. The molecule has 0 unspecified atom stereocenters. The third-order valence-corrected chi connectivity index (χ3v) is 3.67. The molecule has 2 aromatic rings. The number of rotatable bonds is 3. The number of nitrogens with two attached hydrogens (primary N) is 1. The van der Waals surface area contributed by atoms with Crippen molar-refractivity contribution in [2.75, 3.05) is 11.1 Å². The van der Waals surface area contributed by atoms with E-state index in [1.54, 1.807) is 6.07 Å². The van der Waals surface area contributed by atoms with Crippen molar-refractivity contribution in [3.63, 3.8) is 0 Å². The second-order valence-corrected chi connectivity index (χ2v) is 5.20. The number of benzene rings is 2. The maximum atomic E-state index is 11.4. The summed E-state index contributed by atoms with van der Waals surface area (Å²) in [6.45, 7) is 2.11. The van der Waals surface area contributed by atoms with E-state index < -0.39 is 0 Å². The average Bonchev–Trinajstić information content (AvgIpc) is 2.48. The second kappa shape index (κ2) is 5.48. The van der Waals surface area contributed by atoms with E-state index >= 15 is 0 Å². The van der Waals surface area contributed by atoms with E-state index in [9.17, 15) is 4.79 Å². The Kier molecular flexibility index (Phi) is 3.52. The summed E-state index contributed by atoms with van der Waals surface area (Å²) in [6.07, 6.45) is 2.18. The number of nitrogen functional groups attached to an aromatic ring is 1. The Bertz CT molecular complexity index is 695. The zero-order valence-electron chi connectivity index (χ0n) is 12.0. The van der Waals surface area contributed by atoms with Crippen LogP contribution in [-0.2, 0) is 17.6 Å². The molecular weight excluding hydrogens is 264 g/mol. The fourth-order valence-electron chi connectivity index (χ4n) is 2.47. The molecular formula is C17H18N2O2. The van der Waals surface area contributed by atoms with Gasteiger partial charge in [0.25, 0.3) is 0 Å². The zero-order chi connectivity index (χ0) is 14.8. The van der Waals surface area contributed by atoms with Crippen LogP contribution in [0.3, 0.4) is 0 Å². The fourth-order valence-corrected chi connectivity index (χ4v) is 2.47. The summed E-state index contributed by atoms with van der Waals surface area (Å²) in [7, 11) is 0. The summed E-state index contributed by atoms with van der Waals surface area (Å²) >= 11 is 0. The van der Waals surface area contributed by atoms with E-state index in [2.05, 4.69) is 18.3 Å². The lowest BCUT2D eigenvalue weighted by Crippen LogP contribution is -2.19. The van der Waals surface area contributed by atoms with Crippen LogP contribution in [0.25, 0.3) is 0 Å². The van der Waals surface area contributed by atoms with E-state index in [-0.39, 0.29) is 5.91 Å². The van der Waals surface area contributed by atoms with Crippen molar-refractivity contribution in [2.24, 2.45) is 0 Å². The molecule has 4 nitrogen and oxygen atoms in total. The van der Waals surface area contributed by atoms with Crippen LogP contribution in [0.5, 0.6) is 11.5 Å². The first-order valence-corrected chi connectivity index (χ1v) is 7.14. The maximum absolute atomic E-state index is 11.4. The SMILES string of the molecule is CCc1cccc(Oc2cc3c(cc2N)NC(=O)CC3)c1. The minimum Gasteiger partial charge on any atom is -0.455 e. The molecule has 1 aliphatic heterocycles. The predicted octanol–water partition coefficient (Wildman–Crippen LogP) is 3.51. The van der Waals surface area contributed by atoms with E-state index in [0.717, 1.165) is 23.4 Å². The Hall–Kier alpha value is -2.49. The van der Waals surface area contributed by atoms with Crippen molar-refractivity contribution >= 4 is 17.3 Å². The van der Waals surface area contributed by atoms with Crippen LogP contribution in [-0.4, -0.2) is 5.91 Å². The molecule has 3 N–H and O–H groups in total. The number of fused-ring (bicyclic) bond motifs is 1. The van der Waals surface area contributed by atoms with Crippen LogP contribution in [0.4, 0.5) is 11.4 Å². The number of amides is 1. The van der Waals surface area contributed by atoms with Crippen LogP contribution < -0.4 is 15.8 Å². The highest BCUT2D eigenvalue weighted by atomic mass is 16.5. The van der Waals surface area contributed by atoms with E-state index in [0.29, 0.717) is 24.3 Å². The summed E-state index contributed by atoms with van der Waals surface area (Å²) in [5, 5.41) is 2.84. The van der Waals surface area contributed by atoms with Crippen LogP contribution in [0.1, 0.15) is 24.5 Å². The van der Waals surface area contributed by atoms with Crippen molar-refractivity contribution in [2.45, 2.75) is 26.2 Å². The molecule has 0 saturated carbocycles. The molecule has 0 bridgehead atoms. The van der Waals surface area contributed by atoms with Crippen LogP contribution >= 0.6 is 0 Å². The zero-order valence-corrected chi connectivity index (χ0v) is 12.0. The van der Waals surface area contributed by atoms with Crippen LogP contribution in [0.15, 0.2) is 36.4 Å². The second-order valence-electron chi connectivity index (χ2n) is 5.20. The van der Waals surface area contributed by atoms with Gasteiger partial charge in [-0.2, -0.15) is 0 Å². The Labute approximate surface area is 123 Å². The number of ether oxygens (including phenoxy) is 1. The molecule has 2 aromatic carbocycles. The number of carbonyl (C=O) groups is 1. The molecule has 21 heavy (non-hydrogen) atoms. The fraction of sp³-hybridized carbons (Fsp3) is 0.235. The molecule has 0 saturated heterocycles. The molecule has 108 valence electrons. The Morgan fingerprint density at radius 2 is 2.10 bits per heavy atom. The van der Waals surface area contributed by atoms with E-state index in [4.69, 9.17) is 10.5 Å². The molecule has 0 radical (unpaired) electrons. The van der Waals surface area contributed by atoms with Gasteiger partial charge in [-0.15, -0.1) is 0 Å². The lowest BCUT2D eigenvalue weighted by atomic mass is 10.0. The Balaban J connectivity index is 1.90. The monoisotopic (exact) mass is 282 g/mol. The van der Waals surface area contributed by atoms with Crippen molar-refractivity contribution in [1.29, 1.82) is 0 Å². The number of carbonyl (C=O) groups excluding carboxylic acids is 1. The minimum absolute atomic E-state index is 0.0335. The lowest BCUT2D eigenvalue weighted by Gasteiger charge is -2.19. The first-order chi connectivity index (χ1) is 10.2. The van der Waals surface area contributed by atoms with Crippen molar-refractivity contribution in [3.8, 4) is 11.5 Å². The summed E-state index contributed by atoms with van der Waals surface area (Å²) in [5.41, 5.74) is 9.63. The van der Waals surface area contributed by atoms with Gasteiger partial charge in [-0.05, 0) is 48.2 Å². The molecule has 0 atom stereocenters. The molecule has 0 fully saturated rings. The smallest absolute Gasteiger partial charge is 0.224 e. The van der Waals surface area contributed by atoms with Gasteiger partial charge in [0.15, 0.2) is 5.75 Å². The molecule has 4 heteroatoms. The number of hydrogen-bond donors (Lipinski definition) is 2. The molecule has 0 aliphatic carbocycles. The largest absolute Gasteiger partial charge is 0.455 e. The van der Waals surface area contributed by atoms with Gasteiger partial charge in [0.1, 0.15) is 5.75 Å². The van der Waals surface area contributed by atoms with Crippen molar-refractivity contribution < 1.29 is 9.53 Å². The van der Waals surface area contributed by atoms with Crippen LogP contribution in [0.2, 0.25) is 0 Å². The minimum atomic E-state index is 0.0335. The van der Waals surface area contributed by atoms with Gasteiger partial charge in [-0.25, -0.2) is 0 Å². The first-order valence-electron chi connectivity index (χ1n) is 7.14. The van der Waals surface area contributed by atoms with Gasteiger partial charge in [0.2, 0.25) is 5.91 Å². The summed E-state index contributed by atoms with van der Waals surface area (Å²) in [5.74, 6) is 1.45. The van der Waals surface area contributed by atoms with Crippen molar-refractivity contribution in [3.05, 3.63) is 47.5 Å². The van der Waals surface area contributed by atoms with Gasteiger partial charge in [-0.1, -0.05) is 19.1 Å². The molecule has 1 aliphatic rings. The van der Waals surface area contributed by atoms with Gasteiger partial charge >= 0.3 is 0 Å². The third-order valence-electron chi connectivity index (χ3n) is 3.67. The Morgan fingerprint density at radius 3 is 2.90 bits per heavy atom. The summed E-state index contributed by atoms with van der Waals surface area (Å²) < 4.78 is 5.91. The number of anilines is 2. The summed E-state index contributed by atoms with van der Waals surface area (Å²) in [6, 6.07) is 11.7. The number of hydrogen-bond acceptors (Lipinski definition) is 3. The highest BCUT2D eigenvalue weighted by Crippen LogP contribution is 2.35. The van der Waals surface area contributed by atoms with Gasteiger partial charge in [0, 0.05) is 12.1 Å². The summed E-state index contributed by atoms with van der Waals surface area (Å²) in [4.78, 5) is 11.4. The first kappa shape index (κ1) is 13.5.